The Morgan fingerprint density at radius 3 is 2.35 bits per heavy atom. The molecule has 1 aliphatic rings. The molecule has 17 heavy (non-hydrogen) atoms. The van der Waals surface area contributed by atoms with Crippen molar-refractivity contribution in [3.8, 4) is 0 Å². The minimum absolute atomic E-state index is 0.0780. The molecule has 0 spiro atoms. The van der Waals surface area contributed by atoms with Gasteiger partial charge in [-0.05, 0) is 37.1 Å². The number of carbonyl (C=O) groups excluding carboxylic acids is 1. The molecule has 1 saturated carbocycles. The molecule has 0 heterocycles. The van der Waals surface area contributed by atoms with Gasteiger partial charge in [0.2, 0.25) is 0 Å². The maximum atomic E-state index is 12.1. The predicted molar refractivity (Wildman–Crippen MR) is 63.1 cm³/mol. The van der Waals surface area contributed by atoms with Gasteiger partial charge in [0, 0.05) is 16.6 Å². The number of amides is 1. The number of carboxylic acid groups (broad SMARTS) is 1. The zero-order valence-electron chi connectivity index (χ0n) is 9.10. The monoisotopic (exact) mass is 253 g/mol. The summed E-state index contributed by atoms with van der Waals surface area (Å²) in [6.07, 6.45) is 1.76. The number of carbonyl (C=O) groups is 2. The van der Waals surface area contributed by atoms with E-state index in [1.807, 2.05) is 0 Å². The highest BCUT2D eigenvalue weighted by Crippen LogP contribution is 2.28. The van der Waals surface area contributed by atoms with Crippen molar-refractivity contribution >= 4 is 23.5 Å². The number of hydrogen-bond acceptors (Lipinski definition) is 2. The highest BCUT2D eigenvalue weighted by molar-refractivity contribution is 6.30. The van der Waals surface area contributed by atoms with E-state index in [1.165, 1.54) is 4.90 Å². The van der Waals surface area contributed by atoms with Gasteiger partial charge in [0.25, 0.3) is 5.91 Å². The summed E-state index contributed by atoms with van der Waals surface area (Å²) in [6, 6.07) is 6.56. The summed E-state index contributed by atoms with van der Waals surface area (Å²) in [5.41, 5.74) is 0.475. The molecule has 2 rings (SSSR count). The van der Waals surface area contributed by atoms with Gasteiger partial charge in [0.05, 0.1) is 0 Å². The largest absolute Gasteiger partial charge is 0.480 e. The highest BCUT2D eigenvalue weighted by Gasteiger charge is 2.34. The Balaban J connectivity index is 2.15. The van der Waals surface area contributed by atoms with Crippen LogP contribution in [0.2, 0.25) is 5.02 Å². The quantitative estimate of drug-likeness (QED) is 0.893. The lowest BCUT2D eigenvalue weighted by Gasteiger charge is -2.20. The minimum atomic E-state index is -0.987. The summed E-state index contributed by atoms with van der Waals surface area (Å²) in [6.45, 7) is -0.244. The van der Waals surface area contributed by atoms with Gasteiger partial charge in [-0.2, -0.15) is 0 Å². The van der Waals surface area contributed by atoms with Gasteiger partial charge in [-0.1, -0.05) is 11.6 Å². The van der Waals surface area contributed by atoms with E-state index < -0.39 is 5.97 Å². The SMILES string of the molecule is O=C(O)CN(C(=O)c1ccc(Cl)cc1)C1CC1. The summed E-state index contributed by atoms with van der Waals surface area (Å²) >= 11 is 5.74. The number of benzene rings is 1. The van der Waals surface area contributed by atoms with Crippen molar-refractivity contribution in [2.75, 3.05) is 6.54 Å². The van der Waals surface area contributed by atoms with Crippen LogP contribution in [-0.4, -0.2) is 34.5 Å². The van der Waals surface area contributed by atoms with Gasteiger partial charge in [-0.15, -0.1) is 0 Å². The fourth-order valence-corrected chi connectivity index (χ4v) is 1.78. The molecule has 0 radical (unpaired) electrons. The van der Waals surface area contributed by atoms with Crippen LogP contribution in [-0.2, 0) is 4.79 Å². The Bertz CT molecular complexity index is 440. The maximum Gasteiger partial charge on any atom is 0.323 e. The third-order valence-corrected chi connectivity index (χ3v) is 2.90. The smallest absolute Gasteiger partial charge is 0.323 e. The van der Waals surface area contributed by atoms with Crippen molar-refractivity contribution in [3.63, 3.8) is 0 Å². The van der Waals surface area contributed by atoms with Crippen LogP contribution in [0, 0.1) is 0 Å². The van der Waals surface area contributed by atoms with Crippen molar-refractivity contribution in [2.24, 2.45) is 0 Å². The summed E-state index contributed by atoms with van der Waals surface area (Å²) in [5.74, 6) is -1.23. The summed E-state index contributed by atoms with van der Waals surface area (Å²) < 4.78 is 0. The van der Waals surface area contributed by atoms with Gasteiger partial charge in [-0.3, -0.25) is 9.59 Å². The van der Waals surface area contributed by atoms with Crippen molar-refractivity contribution < 1.29 is 14.7 Å². The third-order valence-electron chi connectivity index (χ3n) is 2.65. The Kier molecular flexibility index (Phi) is 3.33. The molecule has 1 fully saturated rings. The minimum Gasteiger partial charge on any atom is -0.480 e. The molecule has 1 aromatic carbocycles. The molecule has 1 aliphatic carbocycles. The standard InChI is InChI=1S/C12H12ClNO3/c13-9-3-1-8(2-4-9)12(17)14(7-11(15)16)10-5-6-10/h1-4,10H,5-7H2,(H,15,16). The van der Waals surface area contributed by atoms with Gasteiger partial charge >= 0.3 is 5.97 Å². The fourth-order valence-electron chi connectivity index (χ4n) is 1.66. The Hall–Kier alpha value is -1.55. The van der Waals surface area contributed by atoms with Gasteiger partial charge in [0.15, 0.2) is 0 Å². The lowest BCUT2D eigenvalue weighted by Crippen LogP contribution is -2.37. The van der Waals surface area contributed by atoms with Crippen LogP contribution in [0.25, 0.3) is 0 Å². The van der Waals surface area contributed by atoms with Crippen molar-refractivity contribution in [3.05, 3.63) is 34.9 Å². The first-order valence-corrected chi connectivity index (χ1v) is 5.74. The molecule has 1 N–H and O–H groups in total. The van der Waals surface area contributed by atoms with E-state index in [-0.39, 0.29) is 18.5 Å². The van der Waals surface area contributed by atoms with Crippen molar-refractivity contribution in [2.45, 2.75) is 18.9 Å². The molecular weight excluding hydrogens is 242 g/mol. The first-order chi connectivity index (χ1) is 8.08. The number of nitrogens with zero attached hydrogens (tertiary/aromatic N) is 1. The lowest BCUT2D eigenvalue weighted by molar-refractivity contribution is -0.137. The predicted octanol–water partition coefficient (Wildman–Crippen LogP) is 2.03. The van der Waals surface area contributed by atoms with E-state index in [0.29, 0.717) is 10.6 Å². The molecule has 1 amide bonds. The topological polar surface area (TPSA) is 57.6 Å². The molecule has 0 atom stereocenters. The Labute approximate surface area is 104 Å². The van der Waals surface area contributed by atoms with E-state index in [0.717, 1.165) is 12.8 Å². The second-order valence-corrected chi connectivity index (χ2v) is 4.50. The van der Waals surface area contributed by atoms with E-state index in [2.05, 4.69) is 0 Å². The number of hydrogen-bond donors (Lipinski definition) is 1. The zero-order chi connectivity index (χ0) is 12.4. The molecule has 0 aromatic heterocycles. The number of aliphatic carboxylic acids is 1. The number of halogens is 1. The van der Waals surface area contributed by atoms with Crippen LogP contribution in [0.4, 0.5) is 0 Å². The van der Waals surface area contributed by atoms with Crippen molar-refractivity contribution in [1.82, 2.24) is 4.90 Å². The van der Waals surface area contributed by atoms with E-state index in [9.17, 15) is 9.59 Å². The lowest BCUT2D eigenvalue weighted by atomic mass is 10.2. The normalized spacial score (nSPS) is 14.4. The molecule has 0 unspecified atom stereocenters. The summed E-state index contributed by atoms with van der Waals surface area (Å²) in [4.78, 5) is 24.2. The molecule has 1 aromatic rings. The Morgan fingerprint density at radius 1 is 1.29 bits per heavy atom. The molecule has 5 heteroatoms. The van der Waals surface area contributed by atoms with Crippen LogP contribution < -0.4 is 0 Å². The van der Waals surface area contributed by atoms with E-state index >= 15 is 0 Å². The first-order valence-electron chi connectivity index (χ1n) is 5.36. The third kappa shape index (κ3) is 2.97. The molecule has 90 valence electrons. The average Bonchev–Trinajstić information content (AvgIpc) is 3.09. The highest BCUT2D eigenvalue weighted by atomic mass is 35.5. The number of rotatable bonds is 4. The summed E-state index contributed by atoms with van der Waals surface area (Å²) in [7, 11) is 0. The molecule has 0 aliphatic heterocycles. The maximum absolute atomic E-state index is 12.1. The molecule has 0 bridgehead atoms. The molecule has 0 saturated heterocycles. The van der Waals surface area contributed by atoms with Crippen LogP contribution in [0.15, 0.2) is 24.3 Å². The van der Waals surface area contributed by atoms with E-state index in [1.54, 1.807) is 24.3 Å². The van der Waals surface area contributed by atoms with Crippen LogP contribution >= 0.6 is 11.6 Å². The first kappa shape index (κ1) is 11.9. The van der Waals surface area contributed by atoms with Crippen LogP contribution in [0.3, 0.4) is 0 Å². The van der Waals surface area contributed by atoms with Gasteiger partial charge in [0.1, 0.15) is 6.54 Å². The summed E-state index contributed by atoms with van der Waals surface area (Å²) in [5, 5.41) is 9.34. The van der Waals surface area contributed by atoms with E-state index in [4.69, 9.17) is 16.7 Å². The van der Waals surface area contributed by atoms with Gasteiger partial charge in [-0.25, -0.2) is 0 Å². The van der Waals surface area contributed by atoms with Crippen molar-refractivity contribution in [1.29, 1.82) is 0 Å². The Morgan fingerprint density at radius 2 is 1.88 bits per heavy atom. The second-order valence-electron chi connectivity index (χ2n) is 4.06. The van der Waals surface area contributed by atoms with Gasteiger partial charge < -0.3 is 10.0 Å². The molecular formula is C12H12ClNO3. The molecule has 4 nitrogen and oxygen atoms in total. The fraction of sp³-hybridized carbons (Fsp3) is 0.333. The average molecular weight is 254 g/mol. The number of carboxylic acids is 1. The van der Waals surface area contributed by atoms with Crippen LogP contribution in [0.1, 0.15) is 23.2 Å². The van der Waals surface area contributed by atoms with Crippen LogP contribution in [0.5, 0.6) is 0 Å². The second kappa shape index (κ2) is 4.75. The zero-order valence-corrected chi connectivity index (χ0v) is 9.85.